The number of halogens is 1. The highest BCUT2D eigenvalue weighted by atomic mass is 35.5. The van der Waals surface area contributed by atoms with Crippen LogP contribution in [0.4, 0.5) is 5.69 Å². The second kappa shape index (κ2) is 6.57. The van der Waals surface area contributed by atoms with Crippen molar-refractivity contribution in [1.29, 1.82) is 0 Å². The van der Waals surface area contributed by atoms with E-state index in [1.807, 2.05) is 54.6 Å². The number of fused-ring (bicyclic) bond motifs is 2. The first kappa shape index (κ1) is 17.1. The Kier molecular flexibility index (Phi) is 4.02. The van der Waals surface area contributed by atoms with Crippen molar-refractivity contribution in [1.82, 2.24) is 4.98 Å². The summed E-state index contributed by atoms with van der Waals surface area (Å²) in [7, 11) is 0. The minimum Gasteiger partial charge on any atom is -0.274 e. The van der Waals surface area contributed by atoms with Gasteiger partial charge in [-0.05, 0) is 36.1 Å². The Labute approximate surface area is 167 Å². The fourth-order valence-corrected chi connectivity index (χ4v) is 4.53. The Morgan fingerprint density at radius 3 is 2.54 bits per heavy atom. The number of aromatic nitrogens is 1. The largest absolute Gasteiger partial charge is 0.274 e. The lowest BCUT2D eigenvalue weighted by Crippen LogP contribution is -2.31. The van der Waals surface area contributed by atoms with Crippen LogP contribution in [-0.2, 0) is 9.59 Å². The SMILES string of the molecule is O=C1[C@H]2CC(Cl)=CC[C@H]2C(=O)N1c1cccc2c(-c3ccccc3)ccnc12. The van der Waals surface area contributed by atoms with Gasteiger partial charge < -0.3 is 0 Å². The number of para-hydroxylation sites is 1. The number of anilines is 1. The number of hydrogen-bond acceptors (Lipinski definition) is 3. The Hall–Kier alpha value is -2.98. The average molecular weight is 389 g/mol. The first-order valence-electron chi connectivity index (χ1n) is 9.30. The normalized spacial score (nSPS) is 21.8. The number of carbonyl (C=O) groups excluding carboxylic acids is 2. The first-order valence-corrected chi connectivity index (χ1v) is 9.68. The number of carbonyl (C=O) groups is 2. The molecule has 2 amide bonds. The molecule has 0 spiro atoms. The minimum atomic E-state index is -0.377. The standard InChI is InChI=1S/C23H17ClN2O2/c24-15-9-10-18-19(13-15)23(28)26(22(18)27)20-8-4-7-17-16(11-12-25-21(17)20)14-5-2-1-3-6-14/h1-9,11-12,18-19H,10,13H2/t18-,19+/m1/s1. The fraction of sp³-hybridized carbons (Fsp3) is 0.174. The molecule has 0 unspecified atom stereocenters. The molecule has 1 aromatic heterocycles. The second-order valence-electron chi connectivity index (χ2n) is 7.21. The molecule has 0 saturated carbocycles. The van der Waals surface area contributed by atoms with Crippen LogP contribution in [0.25, 0.3) is 22.0 Å². The number of rotatable bonds is 2. The van der Waals surface area contributed by atoms with Crippen LogP contribution in [0.1, 0.15) is 12.8 Å². The molecule has 4 nitrogen and oxygen atoms in total. The third-order valence-corrected chi connectivity index (χ3v) is 5.95. The maximum absolute atomic E-state index is 13.1. The van der Waals surface area contributed by atoms with Crippen molar-refractivity contribution in [2.45, 2.75) is 12.8 Å². The van der Waals surface area contributed by atoms with Crippen LogP contribution in [0.2, 0.25) is 0 Å². The van der Waals surface area contributed by atoms with Crippen molar-refractivity contribution in [3.8, 4) is 11.1 Å². The van der Waals surface area contributed by atoms with E-state index in [9.17, 15) is 9.59 Å². The lowest BCUT2D eigenvalue weighted by molar-refractivity contribution is -0.122. The number of nitrogens with zero attached hydrogens (tertiary/aromatic N) is 2. The van der Waals surface area contributed by atoms with Crippen LogP contribution in [0.15, 0.2) is 71.9 Å². The molecule has 5 heteroatoms. The number of pyridine rings is 1. The lowest BCUT2D eigenvalue weighted by Gasteiger charge is -2.18. The molecule has 0 radical (unpaired) electrons. The second-order valence-corrected chi connectivity index (χ2v) is 7.70. The van der Waals surface area contributed by atoms with E-state index in [2.05, 4.69) is 4.98 Å². The van der Waals surface area contributed by atoms with Crippen molar-refractivity contribution in [2.75, 3.05) is 4.90 Å². The number of benzene rings is 2. The van der Waals surface area contributed by atoms with Gasteiger partial charge in [0.15, 0.2) is 0 Å². The Balaban J connectivity index is 1.65. The quantitative estimate of drug-likeness (QED) is 0.585. The fourth-order valence-electron chi connectivity index (χ4n) is 4.28. The van der Waals surface area contributed by atoms with E-state index in [0.717, 1.165) is 16.5 Å². The molecule has 28 heavy (non-hydrogen) atoms. The van der Waals surface area contributed by atoms with Gasteiger partial charge in [0, 0.05) is 16.6 Å². The van der Waals surface area contributed by atoms with Crippen LogP contribution >= 0.6 is 11.6 Å². The molecule has 138 valence electrons. The number of amides is 2. The highest BCUT2D eigenvalue weighted by Crippen LogP contribution is 2.42. The van der Waals surface area contributed by atoms with Crippen LogP contribution in [0, 0.1) is 11.8 Å². The highest BCUT2D eigenvalue weighted by Gasteiger charge is 2.49. The van der Waals surface area contributed by atoms with Crippen LogP contribution in [0.3, 0.4) is 0 Å². The molecule has 1 aliphatic carbocycles. The van der Waals surface area contributed by atoms with Crippen molar-refractivity contribution < 1.29 is 9.59 Å². The highest BCUT2D eigenvalue weighted by molar-refractivity contribution is 6.31. The van der Waals surface area contributed by atoms with Gasteiger partial charge in [0.05, 0.1) is 23.0 Å². The van der Waals surface area contributed by atoms with Gasteiger partial charge in [-0.2, -0.15) is 0 Å². The molecular formula is C23H17ClN2O2. The zero-order valence-electron chi connectivity index (χ0n) is 15.0. The summed E-state index contributed by atoms with van der Waals surface area (Å²) in [5.74, 6) is -1.05. The van der Waals surface area contributed by atoms with E-state index in [-0.39, 0.29) is 23.7 Å². The van der Waals surface area contributed by atoms with E-state index in [1.165, 1.54) is 4.90 Å². The predicted octanol–water partition coefficient (Wildman–Crippen LogP) is 4.92. The maximum atomic E-state index is 13.1. The molecule has 2 aromatic carbocycles. The average Bonchev–Trinajstić information content (AvgIpc) is 2.97. The molecule has 1 aliphatic heterocycles. The predicted molar refractivity (Wildman–Crippen MR) is 110 cm³/mol. The molecule has 2 atom stereocenters. The van der Waals surface area contributed by atoms with Gasteiger partial charge >= 0.3 is 0 Å². The summed E-state index contributed by atoms with van der Waals surface area (Å²) in [4.78, 5) is 32.0. The van der Waals surface area contributed by atoms with E-state index >= 15 is 0 Å². The van der Waals surface area contributed by atoms with Gasteiger partial charge in [-0.3, -0.25) is 14.6 Å². The smallest absolute Gasteiger partial charge is 0.238 e. The lowest BCUT2D eigenvalue weighted by atomic mass is 9.85. The van der Waals surface area contributed by atoms with Gasteiger partial charge in [0.2, 0.25) is 11.8 Å². The zero-order chi connectivity index (χ0) is 19.3. The number of hydrogen-bond donors (Lipinski definition) is 0. The van der Waals surface area contributed by atoms with Gasteiger partial charge in [-0.1, -0.05) is 60.1 Å². The van der Waals surface area contributed by atoms with E-state index < -0.39 is 0 Å². The van der Waals surface area contributed by atoms with Crippen LogP contribution in [0.5, 0.6) is 0 Å². The minimum absolute atomic E-state index is 0.158. The molecule has 0 N–H and O–H groups in total. The van der Waals surface area contributed by atoms with Crippen molar-refractivity contribution in [2.24, 2.45) is 11.8 Å². The van der Waals surface area contributed by atoms with Crippen molar-refractivity contribution in [3.05, 3.63) is 71.9 Å². The van der Waals surface area contributed by atoms with E-state index in [4.69, 9.17) is 11.6 Å². The summed E-state index contributed by atoms with van der Waals surface area (Å²) in [6.45, 7) is 0. The Bertz CT molecular complexity index is 1140. The Morgan fingerprint density at radius 2 is 1.71 bits per heavy atom. The summed E-state index contributed by atoms with van der Waals surface area (Å²) in [6.07, 6.45) is 4.52. The molecule has 5 rings (SSSR count). The summed E-state index contributed by atoms with van der Waals surface area (Å²) < 4.78 is 0. The Morgan fingerprint density at radius 1 is 0.929 bits per heavy atom. The topological polar surface area (TPSA) is 50.3 Å². The van der Waals surface area contributed by atoms with Crippen LogP contribution < -0.4 is 4.90 Å². The maximum Gasteiger partial charge on any atom is 0.238 e. The van der Waals surface area contributed by atoms with Crippen molar-refractivity contribution in [3.63, 3.8) is 0 Å². The summed E-state index contributed by atoms with van der Waals surface area (Å²) in [5.41, 5.74) is 3.29. The molecule has 0 bridgehead atoms. The molecule has 1 saturated heterocycles. The van der Waals surface area contributed by atoms with Crippen molar-refractivity contribution >= 4 is 40.0 Å². The third-order valence-electron chi connectivity index (χ3n) is 5.64. The van der Waals surface area contributed by atoms with E-state index in [1.54, 1.807) is 12.3 Å². The number of allylic oxidation sites excluding steroid dienone is 2. The third kappa shape index (κ3) is 2.56. The molecular weight excluding hydrogens is 372 g/mol. The molecule has 1 fully saturated rings. The van der Waals surface area contributed by atoms with Gasteiger partial charge in [-0.25, -0.2) is 4.90 Å². The first-order chi connectivity index (χ1) is 13.6. The molecule has 2 aliphatic rings. The van der Waals surface area contributed by atoms with Gasteiger partial charge in [-0.15, -0.1) is 0 Å². The molecule has 3 aromatic rings. The summed E-state index contributed by atoms with van der Waals surface area (Å²) >= 11 is 6.14. The zero-order valence-corrected chi connectivity index (χ0v) is 15.8. The van der Waals surface area contributed by atoms with E-state index in [0.29, 0.717) is 29.1 Å². The van der Waals surface area contributed by atoms with Gasteiger partial charge in [0.1, 0.15) is 0 Å². The van der Waals surface area contributed by atoms with Gasteiger partial charge in [0.25, 0.3) is 0 Å². The summed E-state index contributed by atoms with van der Waals surface area (Å²) in [5, 5.41) is 1.57. The monoisotopic (exact) mass is 388 g/mol. The van der Waals surface area contributed by atoms with Crippen LogP contribution in [-0.4, -0.2) is 16.8 Å². The molecule has 2 heterocycles. The summed E-state index contributed by atoms with van der Waals surface area (Å²) in [6, 6.07) is 17.6. The number of imide groups is 1.